The molecular weight excluding hydrogens is 222 g/mol. The van der Waals surface area contributed by atoms with Crippen molar-refractivity contribution in [3.8, 4) is 0 Å². The average Bonchev–Trinajstić information content (AvgIpc) is 2.74. The van der Waals surface area contributed by atoms with Crippen molar-refractivity contribution in [2.75, 3.05) is 40.3 Å². The summed E-state index contributed by atoms with van der Waals surface area (Å²) in [6.45, 7) is 6.97. The number of nitrogens with two attached hydrogens (primary N) is 1. The van der Waals surface area contributed by atoms with E-state index in [4.69, 9.17) is 5.73 Å². The third-order valence-corrected chi connectivity index (χ3v) is 4.28. The highest BCUT2D eigenvalue weighted by atomic mass is 15.2. The van der Waals surface area contributed by atoms with Gasteiger partial charge in [-0.25, -0.2) is 0 Å². The van der Waals surface area contributed by atoms with Gasteiger partial charge in [0.1, 0.15) is 0 Å². The molecule has 18 heavy (non-hydrogen) atoms. The van der Waals surface area contributed by atoms with Crippen LogP contribution < -0.4 is 5.73 Å². The average molecular weight is 255 g/mol. The van der Waals surface area contributed by atoms with Gasteiger partial charge in [-0.2, -0.15) is 0 Å². The zero-order valence-corrected chi connectivity index (χ0v) is 12.7. The van der Waals surface area contributed by atoms with E-state index < -0.39 is 0 Å². The molecule has 1 fully saturated rings. The fraction of sp³-hybridized carbons (Fsp3) is 1.00. The SMILES string of the molecule is CCC(CCN)CCCN1CCCC1CN(C)C. The van der Waals surface area contributed by atoms with E-state index in [1.807, 2.05) is 0 Å². The molecule has 1 heterocycles. The lowest BCUT2D eigenvalue weighted by molar-refractivity contribution is 0.200. The predicted octanol–water partition coefficient (Wildman–Crippen LogP) is 2.17. The Labute approximate surface area is 114 Å². The molecule has 0 amide bonds. The van der Waals surface area contributed by atoms with Crippen molar-refractivity contribution < 1.29 is 0 Å². The Hall–Kier alpha value is -0.120. The van der Waals surface area contributed by atoms with Crippen LogP contribution in [0.1, 0.15) is 45.4 Å². The molecule has 0 bridgehead atoms. The quantitative estimate of drug-likeness (QED) is 0.685. The Morgan fingerprint density at radius 3 is 2.72 bits per heavy atom. The number of hydrogen-bond donors (Lipinski definition) is 1. The molecule has 0 saturated carbocycles. The van der Waals surface area contributed by atoms with Gasteiger partial charge in [-0.05, 0) is 71.8 Å². The maximum Gasteiger partial charge on any atom is 0.0223 e. The minimum Gasteiger partial charge on any atom is -0.330 e. The molecule has 3 nitrogen and oxygen atoms in total. The van der Waals surface area contributed by atoms with Gasteiger partial charge in [0, 0.05) is 12.6 Å². The summed E-state index contributed by atoms with van der Waals surface area (Å²) < 4.78 is 0. The van der Waals surface area contributed by atoms with Crippen molar-refractivity contribution in [1.29, 1.82) is 0 Å². The largest absolute Gasteiger partial charge is 0.330 e. The molecule has 0 aromatic heterocycles. The molecule has 1 rings (SSSR count). The fourth-order valence-corrected chi connectivity index (χ4v) is 3.19. The van der Waals surface area contributed by atoms with Crippen LogP contribution in [0, 0.1) is 5.92 Å². The molecule has 1 aliphatic rings. The van der Waals surface area contributed by atoms with Gasteiger partial charge in [-0.15, -0.1) is 0 Å². The summed E-state index contributed by atoms with van der Waals surface area (Å²) in [4.78, 5) is 5.03. The summed E-state index contributed by atoms with van der Waals surface area (Å²) in [6.07, 6.45) is 7.98. The summed E-state index contributed by atoms with van der Waals surface area (Å²) >= 11 is 0. The highest BCUT2D eigenvalue weighted by Gasteiger charge is 2.24. The maximum absolute atomic E-state index is 5.66. The van der Waals surface area contributed by atoms with Crippen molar-refractivity contribution in [1.82, 2.24) is 9.80 Å². The molecule has 3 heteroatoms. The van der Waals surface area contributed by atoms with Crippen LogP contribution in [0.5, 0.6) is 0 Å². The van der Waals surface area contributed by atoms with Crippen LogP contribution in [0.2, 0.25) is 0 Å². The van der Waals surface area contributed by atoms with Crippen LogP contribution in [-0.4, -0.2) is 56.1 Å². The Bertz CT molecular complexity index is 206. The second-order valence-corrected chi connectivity index (χ2v) is 6.09. The molecule has 0 aliphatic carbocycles. The zero-order chi connectivity index (χ0) is 13.4. The Kier molecular flexibility index (Phi) is 7.87. The topological polar surface area (TPSA) is 32.5 Å². The van der Waals surface area contributed by atoms with Crippen LogP contribution in [-0.2, 0) is 0 Å². The molecule has 108 valence electrons. The van der Waals surface area contributed by atoms with Gasteiger partial charge in [0.05, 0.1) is 0 Å². The minimum atomic E-state index is 0.801. The lowest BCUT2D eigenvalue weighted by Gasteiger charge is -2.27. The van der Waals surface area contributed by atoms with Gasteiger partial charge in [0.2, 0.25) is 0 Å². The molecule has 0 aromatic rings. The van der Waals surface area contributed by atoms with Gasteiger partial charge in [-0.1, -0.05) is 13.3 Å². The first-order valence-corrected chi connectivity index (χ1v) is 7.76. The van der Waals surface area contributed by atoms with Gasteiger partial charge in [0.15, 0.2) is 0 Å². The number of likely N-dealkylation sites (tertiary alicyclic amines) is 1. The van der Waals surface area contributed by atoms with Gasteiger partial charge >= 0.3 is 0 Å². The van der Waals surface area contributed by atoms with E-state index in [1.165, 1.54) is 58.2 Å². The van der Waals surface area contributed by atoms with Crippen molar-refractivity contribution >= 4 is 0 Å². The predicted molar refractivity (Wildman–Crippen MR) is 79.8 cm³/mol. The molecule has 1 aliphatic heterocycles. The van der Waals surface area contributed by atoms with E-state index in [0.29, 0.717) is 0 Å². The number of hydrogen-bond acceptors (Lipinski definition) is 3. The summed E-state index contributed by atoms with van der Waals surface area (Å²) in [7, 11) is 4.37. The van der Waals surface area contributed by atoms with Gasteiger partial charge in [0.25, 0.3) is 0 Å². The van der Waals surface area contributed by atoms with Crippen LogP contribution >= 0.6 is 0 Å². The second-order valence-electron chi connectivity index (χ2n) is 6.09. The van der Waals surface area contributed by atoms with Crippen molar-refractivity contribution in [3.63, 3.8) is 0 Å². The number of rotatable bonds is 9. The molecule has 2 N–H and O–H groups in total. The molecule has 2 atom stereocenters. The fourth-order valence-electron chi connectivity index (χ4n) is 3.19. The zero-order valence-electron chi connectivity index (χ0n) is 12.7. The molecule has 0 aromatic carbocycles. The van der Waals surface area contributed by atoms with E-state index in [0.717, 1.165) is 18.5 Å². The third kappa shape index (κ3) is 5.68. The first kappa shape index (κ1) is 15.9. The van der Waals surface area contributed by atoms with Crippen LogP contribution in [0.4, 0.5) is 0 Å². The first-order valence-electron chi connectivity index (χ1n) is 7.76. The third-order valence-electron chi connectivity index (χ3n) is 4.28. The molecule has 0 spiro atoms. The van der Waals surface area contributed by atoms with Crippen LogP contribution in [0.15, 0.2) is 0 Å². The summed E-state index contributed by atoms with van der Waals surface area (Å²) in [5.74, 6) is 0.852. The van der Waals surface area contributed by atoms with Crippen LogP contribution in [0.25, 0.3) is 0 Å². The summed E-state index contributed by atoms with van der Waals surface area (Å²) in [5.41, 5.74) is 5.66. The lowest BCUT2D eigenvalue weighted by Crippen LogP contribution is -2.38. The summed E-state index contributed by atoms with van der Waals surface area (Å²) in [6, 6.07) is 0.801. The highest BCUT2D eigenvalue weighted by molar-refractivity contribution is 4.80. The summed E-state index contributed by atoms with van der Waals surface area (Å²) in [5, 5.41) is 0. The smallest absolute Gasteiger partial charge is 0.0223 e. The Morgan fingerprint density at radius 1 is 1.33 bits per heavy atom. The highest BCUT2D eigenvalue weighted by Crippen LogP contribution is 2.20. The number of likely N-dealkylation sites (N-methyl/N-ethyl adjacent to an activating group) is 1. The molecule has 1 saturated heterocycles. The molecule has 2 unspecified atom stereocenters. The Morgan fingerprint density at radius 2 is 2.11 bits per heavy atom. The van der Waals surface area contributed by atoms with Gasteiger partial charge in [-0.3, -0.25) is 4.90 Å². The second kappa shape index (κ2) is 8.89. The van der Waals surface area contributed by atoms with E-state index in [-0.39, 0.29) is 0 Å². The molecular formula is C15H33N3. The van der Waals surface area contributed by atoms with Crippen LogP contribution in [0.3, 0.4) is 0 Å². The first-order chi connectivity index (χ1) is 8.67. The standard InChI is InChI=1S/C15H33N3/c1-4-14(9-10-16)7-5-11-18-12-6-8-15(18)13-17(2)3/h14-15H,4-13,16H2,1-3H3. The van der Waals surface area contributed by atoms with Crippen molar-refractivity contribution in [3.05, 3.63) is 0 Å². The normalized spacial score (nSPS) is 22.8. The Balaban J connectivity index is 2.21. The minimum absolute atomic E-state index is 0.801. The number of nitrogens with zero attached hydrogens (tertiary/aromatic N) is 2. The monoisotopic (exact) mass is 255 g/mol. The van der Waals surface area contributed by atoms with Gasteiger partial charge < -0.3 is 10.6 Å². The lowest BCUT2D eigenvalue weighted by atomic mass is 9.96. The van der Waals surface area contributed by atoms with E-state index >= 15 is 0 Å². The van der Waals surface area contributed by atoms with E-state index in [1.54, 1.807) is 0 Å². The molecule has 0 radical (unpaired) electrons. The van der Waals surface area contributed by atoms with E-state index in [2.05, 4.69) is 30.8 Å². The van der Waals surface area contributed by atoms with Crippen molar-refractivity contribution in [2.24, 2.45) is 11.7 Å². The maximum atomic E-state index is 5.66. The van der Waals surface area contributed by atoms with E-state index in [9.17, 15) is 0 Å². The van der Waals surface area contributed by atoms with Crippen molar-refractivity contribution in [2.45, 2.75) is 51.5 Å².